The number of H-pyrrole nitrogens is 1. The Kier molecular flexibility index (Phi) is 6.85. The summed E-state index contributed by atoms with van der Waals surface area (Å²) < 4.78 is 7.85. The van der Waals surface area contributed by atoms with E-state index in [1.54, 1.807) is 30.3 Å². The Morgan fingerprint density at radius 3 is 2.54 bits per heavy atom. The van der Waals surface area contributed by atoms with Gasteiger partial charge < -0.3 is 9.84 Å². The van der Waals surface area contributed by atoms with Gasteiger partial charge >= 0.3 is 17.3 Å². The number of hydrogen-bond acceptors (Lipinski definition) is 6. The molecule has 0 bridgehead atoms. The highest BCUT2D eigenvalue weighted by atomic mass is 35.5. The van der Waals surface area contributed by atoms with Gasteiger partial charge in [0.15, 0.2) is 5.69 Å². The Hall–Kier alpha value is -4.15. The van der Waals surface area contributed by atoms with E-state index in [4.69, 9.17) is 33.0 Å². The first-order valence-corrected chi connectivity index (χ1v) is 10.8. The molecule has 2 N–H and O–H groups in total. The van der Waals surface area contributed by atoms with Crippen molar-refractivity contribution in [1.82, 2.24) is 19.1 Å². The fourth-order valence-corrected chi connectivity index (χ4v) is 3.42. The number of rotatable bonds is 6. The number of hydrogen-bond donors (Lipinski definition) is 2. The minimum atomic E-state index is -1.19. The number of aromatic nitrogens is 4. The van der Waals surface area contributed by atoms with Crippen LogP contribution in [-0.2, 0) is 13.6 Å². The molecule has 2 aromatic heterocycles. The van der Waals surface area contributed by atoms with E-state index in [0.29, 0.717) is 10.7 Å². The molecule has 12 heteroatoms. The zero-order chi connectivity index (χ0) is 25.1. The summed E-state index contributed by atoms with van der Waals surface area (Å²) in [7, 11) is 1.36. The van der Waals surface area contributed by atoms with Crippen molar-refractivity contribution in [2.45, 2.75) is 6.54 Å². The molecule has 0 spiro atoms. The van der Waals surface area contributed by atoms with Crippen molar-refractivity contribution < 1.29 is 14.6 Å². The van der Waals surface area contributed by atoms with Gasteiger partial charge in [0.25, 0.3) is 0 Å². The molecule has 35 heavy (non-hydrogen) atoms. The van der Waals surface area contributed by atoms with Crippen LogP contribution in [0.2, 0.25) is 10.0 Å². The zero-order valence-corrected chi connectivity index (χ0v) is 19.6. The monoisotopic (exact) mass is 513 g/mol. The molecule has 2 aromatic carbocycles. The molecular weight excluding hydrogens is 497 g/mol. The molecule has 10 nitrogen and oxygen atoms in total. The third-order valence-electron chi connectivity index (χ3n) is 4.86. The van der Waals surface area contributed by atoms with Crippen LogP contribution in [0.1, 0.15) is 16.1 Å². The Morgan fingerprint density at radius 1 is 1.11 bits per heavy atom. The number of aromatic carboxylic acids is 1. The van der Waals surface area contributed by atoms with E-state index in [0.717, 1.165) is 10.1 Å². The van der Waals surface area contributed by atoms with Gasteiger partial charge in [-0.2, -0.15) is 0 Å². The van der Waals surface area contributed by atoms with Crippen LogP contribution < -0.4 is 21.7 Å². The number of benzene rings is 2. The number of nitrogens with zero attached hydrogens (tertiary/aromatic N) is 4. The van der Waals surface area contributed by atoms with Crippen LogP contribution in [0, 0.1) is 0 Å². The van der Waals surface area contributed by atoms with Crippen LogP contribution in [0.5, 0.6) is 11.6 Å². The van der Waals surface area contributed by atoms with E-state index < -0.39 is 17.3 Å². The lowest BCUT2D eigenvalue weighted by Crippen LogP contribution is -2.48. The summed E-state index contributed by atoms with van der Waals surface area (Å²) in [5.41, 5.74) is -0.227. The average Bonchev–Trinajstić information content (AvgIpc) is 2.83. The van der Waals surface area contributed by atoms with Gasteiger partial charge in [-0.15, -0.1) is 0 Å². The highest BCUT2D eigenvalue weighted by Crippen LogP contribution is 2.31. The lowest BCUT2D eigenvalue weighted by Gasteiger charge is -2.10. The first-order chi connectivity index (χ1) is 16.7. The van der Waals surface area contributed by atoms with E-state index >= 15 is 0 Å². The molecule has 0 saturated carbocycles. The third-order valence-corrected chi connectivity index (χ3v) is 5.41. The lowest BCUT2D eigenvalue weighted by atomic mass is 10.2. The van der Waals surface area contributed by atoms with Gasteiger partial charge in [-0.25, -0.2) is 28.9 Å². The van der Waals surface area contributed by atoms with Gasteiger partial charge in [0.2, 0.25) is 11.5 Å². The van der Waals surface area contributed by atoms with Gasteiger partial charge in [-0.3, -0.25) is 9.55 Å². The lowest BCUT2D eigenvalue weighted by molar-refractivity contribution is 0.0689. The maximum atomic E-state index is 12.8. The Bertz CT molecular complexity index is 1610. The fourth-order valence-electron chi connectivity index (χ4n) is 3.08. The number of ether oxygens (including phenoxy) is 1. The van der Waals surface area contributed by atoms with E-state index in [1.165, 1.54) is 41.9 Å². The number of carboxylic acids is 1. The topological polar surface area (TPSA) is 132 Å². The van der Waals surface area contributed by atoms with E-state index in [1.807, 2.05) is 0 Å². The van der Waals surface area contributed by atoms with Crippen LogP contribution in [0.25, 0.3) is 0 Å². The van der Waals surface area contributed by atoms with Gasteiger partial charge in [0.05, 0.1) is 17.3 Å². The van der Waals surface area contributed by atoms with Crippen molar-refractivity contribution in [3.05, 3.63) is 109 Å². The minimum absolute atomic E-state index is 0.0219. The molecular formula is C23H17Cl2N5O5. The molecule has 2 heterocycles. The van der Waals surface area contributed by atoms with Crippen LogP contribution in [-0.4, -0.2) is 30.2 Å². The summed E-state index contributed by atoms with van der Waals surface area (Å²) in [4.78, 5) is 47.0. The number of aromatic amines is 1. The number of pyridine rings is 1. The van der Waals surface area contributed by atoms with Crippen molar-refractivity contribution in [2.24, 2.45) is 12.0 Å². The SMILES string of the molecule is Cn1c(=O)[nH]/c(=N\c2ccc(Oc3cccc(C(=O)O)n3)c(Cl)c2)n(Cc2ccc(Cl)cc2)c1=O. The Labute approximate surface area is 207 Å². The van der Waals surface area contributed by atoms with Crippen LogP contribution in [0.4, 0.5) is 5.69 Å². The number of carbonyl (C=O) groups is 1. The van der Waals surface area contributed by atoms with Crippen LogP contribution >= 0.6 is 23.2 Å². The number of nitrogens with one attached hydrogen (secondary N) is 1. The highest BCUT2D eigenvalue weighted by molar-refractivity contribution is 6.32. The molecule has 0 atom stereocenters. The minimum Gasteiger partial charge on any atom is -0.477 e. The Morgan fingerprint density at radius 2 is 1.86 bits per heavy atom. The third kappa shape index (κ3) is 5.51. The molecule has 0 saturated heterocycles. The van der Waals surface area contributed by atoms with Crippen LogP contribution in [0.3, 0.4) is 0 Å². The molecule has 0 aliphatic rings. The molecule has 4 rings (SSSR count). The summed E-state index contributed by atoms with van der Waals surface area (Å²) in [6.07, 6.45) is 0. The maximum absolute atomic E-state index is 12.8. The largest absolute Gasteiger partial charge is 0.477 e. The summed E-state index contributed by atoms with van der Waals surface area (Å²) >= 11 is 12.3. The van der Waals surface area contributed by atoms with Crippen molar-refractivity contribution >= 4 is 34.9 Å². The maximum Gasteiger partial charge on any atom is 0.354 e. The van der Waals surface area contributed by atoms with Gasteiger partial charge in [-0.1, -0.05) is 41.4 Å². The smallest absolute Gasteiger partial charge is 0.354 e. The summed E-state index contributed by atoms with van der Waals surface area (Å²) in [6, 6.07) is 15.8. The van der Waals surface area contributed by atoms with Crippen molar-refractivity contribution in [3.8, 4) is 11.6 Å². The number of carboxylic acid groups (broad SMARTS) is 1. The molecule has 0 fully saturated rings. The normalized spacial score (nSPS) is 11.5. The van der Waals surface area contributed by atoms with Gasteiger partial charge in [0.1, 0.15) is 5.75 Å². The summed E-state index contributed by atoms with van der Waals surface area (Å²) in [5, 5.41) is 9.79. The summed E-state index contributed by atoms with van der Waals surface area (Å²) in [5.74, 6) is -0.925. The second kappa shape index (κ2) is 10.00. The molecule has 178 valence electrons. The van der Waals surface area contributed by atoms with Crippen molar-refractivity contribution in [3.63, 3.8) is 0 Å². The standard InChI is InChI=1S/C23H17Cl2N5O5/c1-29-22(33)28-21(30(23(29)34)12-13-5-7-14(24)8-6-13)26-15-9-10-18(16(25)11-15)35-19-4-2-3-17(27-19)20(31)32/h2-11H,12H2,1H3,(H,31,32)(H,26,28,33). The van der Waals surface area contributed by atoms with Gasteiger partial charge in [-0.05, 0) is 42.0 Å². The van der Waals surface area contributed by atoms with Crippen molar-refractivity contribution in [1.29, 1.82) is 0 Å². The van der Waals surface area contributed by atoms with Crippen molar-refractivity contribution in [2.75, 3.05) is 0 Å². The predicted molar refractivity (Wildman–Crippen MR) is 129 cm³/mol. The second-order valence-electron chi connectivity index (χ2n) is 7.30. The van der Waals surface area contributed by atoms with E-state index in [-0.39, 0.29) is 34.5 Å². The van der Waals surface area contributed by atoms with E-state index in [2.05, 4.69) is 15.0 Å². The highest BCUT2D eigenvalue weighted by Gasteiger charge is 2.11. The molecule has 4 aromatic rings. The first-order valence-electron chi connectivity index (χ1n) is 10.1. The number of halogens is 2. The predicted octanol–water partition coefficient (Wildman–Crippen LogP) is 3.35. The summed E-state index contributed by atoms with van der Waals surface area (Å²) in [6.45, 7) is 0.139. The van der Waals surface area contributed by atoms with Crippen LogP contribution in [0.15, 0.2) is 75.2 Å². The molecule has 0 amide bonds. The quantitative estimate of drug-likeness (QED) is 0.406. The fraction of sp³-hybridized carbons (Fsp3) is 0.0870. The molecule has 0 aliphatic carbocycles. The first kappa shape index (κ1) is 24.0. The molecule has 0 aliphatic heterocycles. The molecule has 0 unspecified atom stereocenters. The molecule has 0 radical (unpaired) electrons. The van der Waals surface area contributed by atoms with E-state index in [9.17, 15) is 14.4 Å². The van der Waals surface area contributed by atoms with Gasteiger partial charge in [0, 0.05) is 18.1 Å². The second-order valence-corrected chi connectivity index (χ2v) is 8.15. The zero-order valence-electron chi connectivity index (χ0n) is 18.1. The average molecular weight is 514 g/mol. The Balaban J connectivity index is 1.71.